The third-order valence-corrected chi connectivity index (χ3v) is 4.13. The lowest BCUT2D eigenvalue weighted by molar-refractivity contribution is 0.0864. The van der Waals surface area contributed by atoms with Crippen LogP contribution in [0.15, 0.2) is 18.2 Å². The van der Waals surface area contributed by atoms with Crippen molar-refractivity contribution in [1.82, 2.24) is 4.90 Å². The Morgan fingerprint density at radius 1 is 1.32 bits per heavy atom. The van der Waals surface area contributed by atoms with Gasteiger partial charge in [0.15, 0.2) is 5.78 Å². The minimum atomic E-state index is -0.00468. The fourth-order valence-electron chi connectivity index (χ4n) is 2.33. The summed E-state index contributed by atoms with van der Waals surface area (Å²) in [6.07, 6.45) is 1.88. The van der Waals surface area contributed by atoms with Crippen LogP contribution in [0.4, 0.5) is 0 Å². The van der Waals surface area contributed by atoms with Gasteiger partial charge in [0.25, 0.3) is 0 Å². The SMILES string of the molecule is O=C(CN1CCC(CO)CC1)c1cc(Cl)ccc1Cl. The molecular weight excluding hydrogens is 285 g/mol. The zero-order valence-electron chi connectivity index (χ0n) is 10.6. The number of aliphatic hydroxyl groups excluding tert-OH is 1. The largest absolute Gasteiger partial charge is 0.396 e. The van der Waals surface area contributed by atoms with E-state index in [1.807, 2.05) is 0 Å². The van der Waals surface area contributed by atoms with Gasteiger partial charge in [0, 0.05) is 17.2 Å². The van der Waals surface area contributed by atoms with Crippen LogP contribution in [-0.2, 0) is 0 Å². The van der Waals surface area contributed by atoms with Crippen molar-refractivity contribution in [2.45, 2.75) is 12.8 Å². The standard InChI is InChI=1S/C14H17Cl2NO2/c15-11-1-2-13(16)12(7-11)14(19)8-17-5-3-10(9-18)4-6-17/h1-2,7,10,18H,3-6,8-9H2. The first-order valence-corrected chi connectivity index (χ1v) is 7.17. The summed E-state index contributed by atoms with van der Waals surface area (Å²) < 4.78 is 0. The molecule has 1 aliphatic rings. The first kappa shape index (κ1) is 14.8. The van der Waals surface area contributed by atoms with Crippen molar-refractivity contribution in [1.29, 1.82) is 0 Å². The zero-order chi connectivity index (χ0) is 13.8. The normalized spacial score (nSPS) is 17.6. The van der Waals surface area contributed by atoms with E-state index in [4.69, 9.17) is 28.3 Å². The van der Waals surface area contributed by atoms with Crippen molar-refractivity contribution >= 4 is 29.0 Å². The van der Waals surface area contributed by atoms with Gasteiger partial charge >= 0.3 is 0 Å². The van der Waals surface area contributed by atoms with E-state index in [1.165, 1.54) is 0 Å². The van der Waals surface area contributed by atoms with Crippen LogP contribution in [0.2, 0.25) is 10.0 Å². The van der Waals surface area contributed by atoms with Gasteiger partial charge in [0.1, 0.15) is 0 Å². The molecule has 1 aromatic carbocycles. The predicted octanol–water partition coefficient (Wildman–Crippen LogP) is 2.88. The van der Waals surface area contributed by atoms with Crippen molar-refractivity contribution in [3.8, 4) is 0 Å². The van der Waals surface area contributed by atoms with E-state index in [-0.39, 0.29) is 12.4 Å². The number of hydrogen-bond donors (Lipinski definition) is 1. The molecule has 0 amide bonds. The van der Waals surface area contributed by atoms with Crippen LogP contribution in [0.3, 0.4) is 0 Å². The second kappa shape index (κ2) is 6.71. The number of rotatable bonds is 4. The first-order chi connectivity index (χ1) is 9.10. The molecule has 0 bridgehead atoms. The molecule has 1 N–H and O–H groups in total. The van der Waals surface area contributed by atoms with Gasteiger partial charge in [-0.05, 0) is 50.0 Å². The molecule has 104 valence electrons. The highest BCUT2D eigenvalue weighted by atomic mass is 35.5. The van der Waals surface area contributed by atoms with Crippen LogP contribution in [-0.4, -0.2) is 42.0 Å². The molecule has 0 spiro atoms. The summed E-state index contributed by atoms with van der Waals surface area (Å²) in [5.74, 6) is 0.371. The average molecular weight is 302 g/mol. The van der Waals surface area contributed by atoms with Crippen molar-refractivity contribution in [2.24, 2.45) is 5.92 Å². The number of carbonyl (C=O) groups excluding carboxylic acids is 1. The Bertz CT molecular complexity index is 457. The maximum atomic E-state index is 12.2. The summed E-state index contributed by atoms with van der Waals surface area (Å²) in [4.78, 5) is 14.3. The zero-order valence-corrected chi connectivity index (χ0v) is 12.1. The third kappa shape index (κ3) is 3.93. The summed E-state index contributed by atoms with van der Waals surface area (Å²) in [7, 11) is 0. The average Bonchev–Trinajstić information content (AvgIpc) is 2.42. The predicted molar refractivity (Wildman–Crippen MR) is 77.0 cm³/mol. The highest BCUT2D eigenvalue weighted by Crippen LogP contribution is 2.22. The monoisotopic (exact) mass is 301 g/mol. The number of nitrogens with zero attached hydrogens (tertiary/aromatic N) is 1. The van der Waals surface area contributed by atoms with Crippen LogP contribution in [0.5, 0.6) is 0 Å². The molecule has 0 aliphatic carbocycles. The molecule has 1 heterocycles. The van der Waals surface area contributed by atoms with E-state index in [0.717, 1.165) is 25.9 Å². The lowest BCUT2D eigenvalue weighted by atomic mass is 9.97. The Balaban J connectivity index is 1.96. The fraction of sp³-hybridized carbons (Fsp3) is 0.500. The molecule has 1 saturated heterocycles. The third-order valence-electron chi connectivity index (χ3n) is 3.56. The Kier molecular flexibility index (Phi) is 5.22. The minimum Gasteiger partial charge on any atom is -0.396 e. The summed E-state index contributed by atoms with van der Waals surface area (Å²) in [6.45, 7) is 2.28. The van der Waals surface area contributed by atoms with Crippen LogP contribution in [0.25, 0.3) is 0 Å². The second-order valence-electron chi connectivity index (χ2n) is 4.95. The van der Waals surface area contributed by atoms with Crippen molar-refractivity contribution in [3.63, 3.8) is 0 Å². The number of carbonyl (C=O) groups is 1. The molecule has 19 heavy (non-hydrogen) atoms. The molecule has 0 aromatic heterocycles. The van der Waals surface area contributed by atoms with Gasteiger partial charge < -0.3 is 5.11 Å². The number of aliphatic hydroxyl groups is 1. The Hall–Kier alpha value is -0.610. The number of Topliss-reactive ketones (excluding diaryl/α,β-unsaturated/α-hetero) is 1. The first-order valence-electron chi connectivity index (χ1n) is 6.41. The molecule has 1 fully saturated rings. The summed E-state index contributed by atoms with van der Waals surface area (Å²) in [5, 5.41) is 10.1. The van der Waals surface area contributed by atoms with E-state index >= 15 is 0 Å². The molecule has 2 rings (SSSR count). The van der Waals surface area contributed by atoms with Crippen LogP contribution >= 0.6 is 23.2 Å². The highest BCUT2D eigenvalue weighted by Gasteiger charge is 2.21. The van der Waals surface area contributed by atoms with Crippen LogP contribution in [0, 0.1) is 5.92 Å². The van der Waals surface area contributed by atoms with Crippen LogP contribution in [0.1, 0.15) is 23.2 Å². The van der Waals surface area contributed by atoms with E-state index in [2.05, 4.69) is 4.90 Å². The van der Waals surface area contributed by atoms with Crippen molar-refractivity contribution in [2.75, 3.05) is 26.2 Å². The van der Waals surface area contributed by atoms with Crippen molar-refractivity contribution < 1.29 is 9.90 Å². The number of ketones is 1. The van der Waals surface area contributed by atoms with E-state index < -0.39 is 0 Å². The summed E-state index contributed by atoms with van der Waals surface area (Å²) in [5.41, 5.74) is 0.485. The van der Waals surface area contributed by atoms with Gasteiger partial charge in [0.05, 0.1) is 11.6 Å². The number of benzene rings is 1. The molecule has 3 nitrogen and oxygen atoms in total. The van der Waals surface area contributed by atoms with Gasteiger partial charge in [-0.25, -0.2) is 0 Å². The Morgan fingerprint density at radius 2 is 2.00 bits per heavy atom. The van der Waals surface area contributed by atoms with E-state index in [9.17, 15) is 4.79 Å². The maximum Gasteiger partial charge on any atom is 0.178 e. The smallest absolute Gasteiger partial charge is 0.178 e. The fourth-order valence-corrected chi connectivity index (χ4v) is 2.72. The number of likely N-dealkylation sites (tertiary alicyclic amines) is 1. The molecule has 0 saturated carbocycles. The van der Waals surface area contributed by atoms with Gasteiger partial charge in [-0.15, -0.1) is 0 Å². The number of halogens is 2. The van der Waals surface area contributed by atoms with Gasteiger partial charge in [0.2, 0.25) is 0 Å². The van der Waals surface area contributed by atoms with E-state index in [0.29, 0.717) is 28.1 Å². The topological polar surface area (TPSA) is 40.5 Å². The molecule has 0 radical (unpaired) electrons. The molecular formula is C14H17Cl2NO2. The lowest BCUT2D eigenvalue weighted by Gasteiger charge is -2.30. The highest BCUT2D eigenvalue weighted by molar-refractivity contribution is 6.36. The molecule has 0 atom stereocenters. The number of hydrogen-bond acceptors (Lipinski definition) is 3. The number of piperidine rings is 1. The lowest BCUT2D eigenvalue weighted by Crippen LogP contribution is -2.38. The van der Waals surface area contributed by atoms with Crippen LogP contribution < -0.4 is 0 Å². The Labute approximate surface area is 123 Å². The quantitative estimate of drug-likeness (QED) is 0.870. The summed E-state index contributed by atoms with van der Waals surface area (Å²) in [6, 6.07) is 4.94. The molecule has 5 heteroatoms. The molecule has 0 unspecified atom stereocenters. The Morgan fingerprint density at radius 3 is 2.63 bits per heavy atom. The second-order valence-corrected chi connectivity index (χ2v) is 5.79. The molecule has 1 aliphatic heterocycles. The van der Waals surface area contributed by atoms with E-state index in [1.54, 1.807) is 18.2 Å². The maximum absolute atomic E-state index is 12.2. The van der Waals surface area contributed by atoms with Gasteiger partial charge in [-0.2, -0.15) is 0 Å². The van der Waals surface area contributed by atoms with Crippen molar-refractivity contribution in [3.05, 3.63) is 33.8 Å². The minimum absolute atomic E-state index is 0.00468. The van der Waals surface area contributed by atoms with Gasteiger partial charge in [-0.3, -0.25) is 9.69 Å². The summed E-state index contributed by atoms with van der Waals surface area (Å²) >= 11 is 11.9. The molecule has 1 aromatic rings. The van der Waals surface area contributed by atoms with Gasteiger partial charge in [-0.1, -0.05) is 23.2 Å².